The lowest BCUT2D eigenvalue weighted by molar-refractivity contribution is 0.403. The standard InChI is InChI=1S/C13H12N2O2/c1-7-4-9-6-14-15-10-5-8(2)17-13(11(9)10)12(7)16-3/h4-6,15H,2H2,1,3H3. The van der Waals surface area contributed by atoms with Crippen LogP contribution >= 0.6 is 0 Å². The van der Waals surface area contributed by atoms with Crippen LogP contribution in [0, 0.1) is 6.92 Å². The summed E-state index contributed by atoms with van der Waals surface area (Å²) in [7, 11) is 1.64. The predicted molar refractivity (Wildman–Crippen MR) is 65.8 cm³/mol. The molecular weight excluding hydrogens is 216 g/mol. The molecule has 0 aromatic heterocycles. The van der Waals surface area contributed by atoms with Gasteiger partial charge >= 0.3 is 0 Å². The first-order valence-corrected chi connectivity index (χ1v) is 5.30. The predicted octanol–water partition coefficient (Wildman–Crippen LogP) is 2.27. The molecule has 0 spiro atoms. The van der Waals surface area contributed by atoms with Gasteiger partial charge in [-0.25, -0.2) is 0 Å². The molecule has 17 heavy (non-hydrogen) atoms. The fourth-order valence-corrected chi connectivity index (χ4v) is 2.18. The number of nitrogens with one attached hydrogen (secondary N) is 1. The van der Waals surface area contributed by atoms with Crippen LogP contribution < -0.4 is 10.2 Å². The van der Waals surface area contributed by atoms with Gasteiger partial charge in [0.2, 0.25) is 0 Å². The highest BCUT2D eigenvalue weighted by molar-refractivity contribution is 5.96. The number of rotatable bonds is 1. The summed E-state index contributed by atoms with van der Waals surface area (Å²) >= 11 is 0. The monoisotopic (exact) mass is 228 g/mol. The molecule has 0 fully saturated rings. The average molecular weight is 228 g/mol. The highest BCUT2D eigenvalue weighted by atomic mass is 16.5. The van der Waals surface area contributed by atoms with Gasteiger partial charge in [0, 0.05) is 11.5 Å². The van der Waals surface area contributed by atoms with Gasteiger partial charge in [0.05, 0.1) is 24.6 Å². The highest BCUT2D eigenvalue weighted by Crippen LogP contribution is 2.37. The van der Waals surface area contributed by atoms with Crippen LogP contribution in [0.25, 0.3) is 28.8 Å². The van der Waals surface area contributed by atoms with Crippen LogP contribution in [-0.2, 0) is 0 Å². The van der Waals surface area contributed by atoms with E-state index in [1.807, 2.05) is 19.1 Å². The molecule has 0 atom stereocenters. The molecule has 0 saturated heterocycles. The van der Waals surface area contributed by atoms with E-state index >= 15 is 0 Å². The number of methoxy groups -OCH3 is 1. The van der Waals surface area contributed by atoms with Gasteiger partial charge in [0.1, 0.15) is 5.42 Å². The summed E-state index contributed by atoms with van der Waals surface area (Å²) in [6.45, 7) is 5.81. The number of aryl methyl sites for hydroxylation is 1. The molecule has 2 aliphatic rings. The van der Waals surface area contributed by atoms with E-state index in [1.165, 1.54) is 0 Å². The molecule has 86 valence electrons. The van der Waals surface area contributed by atoms with Gasteiger partial charge in [-0.05, 0) is 18.6 Å². The number of aromatic nitrogens is 2. The Kier molecular flexibility index (Phi) is 1.98. The van der Waals surface area contributed by atoms with Crippen LogP contribution in [0.15, 0.2) is 22.7 Å². The van der Waals surface area contributed by atoms with Crippen molar-refractivity contribution in [1.29, 1.82) is 0 Å². The van der Waals surface area contributed by atoms with Crippen molar-refractivity contribution in [3.05, 3.63) is 29.3 Å². The Morgan fingerprint density at radius 3 is 3.00 bits per heavy atom. The Bertz CT molecular complexity index is 724. The largest absolute Gasteiger partial charge is 0.493 e. The number of aromatic amines is 1. The molecule has 4 heteroatoms. The molecule has 4 nitrogen and oxygen atoms in total. The first-order chi connectivity index (χ1) is 8.20. The number of ether oxygens (including phenoxy) is 1. The topological polar surface area (TPSA) is 51.0 Å². The second-order valence-electron chi connectivity index (χ2n) is 4.02. The lowest BCUT2D eigenvalue weighted by Crippen LogP contribution is -2.04. The third kappa shape index (κ3) is 1.34. The van der Waals surface area contributed by atoms with Gasteiger partial charge < -0.3 is 9.15 Å². The Hall–Kier alpha value is -2.23. The number of hydrogen-bond acceptors (Lipinski definition) is 3. The summed E-state index contributed by atoms with van der Waals surface area (Å²) in [5.41, 5.74) is 4.18. The van der Waals surface area contributed by atoms with Gasteiger partial charge in [0.25, 0.3) is 0 Å². The zero-order valence-electron chi connectivity index (χ0n) is 9.70. The zero-order chi connectivity index (χ0) is 12.0. The van der Waals surface area contributed by atoms with E-state index in [2.05, 4.69) is 16.8 Å². The number of benzene rings is 1. The Balaban J connectivity index is 2.62. The van der Waals surface area contributed by atoms with E-state index in [4.69, 9.17) is 9.15 Å². The molecule has 0 saturated carbocycles. The summed E-state index contributed by atoms with van der Waals surface area (Å²) < 4.78 is 11.1. The maximum atomic E-state index is 5.68. The smallest absolute Gasteiger partial charge is 0.179 e. The van der Waals surface area contributed by atoms with Crippen molar-refractivity contribution >= 4 is 17.5 Å². The third-order valence-corrected chi connectivity index (χ3v) is 2.85. The highest BCUT2D eigenvalue weighted by Gasteiger charge is 2.17. The maximum absolute atomic E-state index is 5.68. The Morgan fingerprint density at radius 1 is 1.41 bits per heavy atom. The van der Waals surface area contributed by atoms with Crippen molar-refractivity contribution < 1.29 is 9.15 Å². The molecule has 0 unspecified atom stereocenters. The lowest BCUT2D eigenvalue weighted by Gasteiger charge is -2.14. The normalized spacial score (nSPS) is 11.2. The fourth-order valence-electron chi connectivity index (χ4n) is 2.18. The van der Waals surface area contributed by atoms with Crippen molar-refractivity contribution in [3.63, 3.8) is 0 Å². The van der Waals surface area contributed by atoms with Crippen molar-refractivity contribution in [2.75, 3.05) is 7.11 Å². The Labute approximate surface area is 97.9 Å². The van der Waals surface area contributed by atoms with E-state index < -0.39 is 0 Å². The van der Waals surface area contributed by atoms with Crippen molar-refractivity contribution in [2.24, 2.45) is 0 Å². The van der Waals surface area contributed by atoms with Crippen LogP contribution in [0.5, 0.6) is 5.75 Å². The molecule has 1 aromatic carbocycles. The molecule has 2 heterocycles. The molecule has 1 aromatic rings. The van der Waals surface area contributed by atoms with Crippen LogP contribution in [-0.4, -0.2) is 17.3 Å². The molecule has 3 rings (SSSR count). The minimum absolute atomic E-state index is 0.576. The van der Waals surface area contributed by atoms with Crippen LogP contribution in [0.2, 0.25) is 0 Å². The molecule has 0 aliphatic carbocycles. The molecule has 0 radical (unpaired) electrons. The Morgan fingerprint density at radius 2 is 2.24 bits per heavy atom. The number of H-pyrrole nitrogens is 1. The maximum Gasteiger partial charge on any atom is 0.179 e. The average Bonchev–Trinajstić information content (AvgIpc) is 2.28. The number of hydrogen-bond donors (Lipinski definition) is 1. The summed E-state index contributed by atoms with van der Waals surface area (Å²) in [6.07, 6.45) is 1.78. The second kappa shape index (κ2) is 3.38. The van der Waals surface area contributed by atoms with E-state index in [0.29, 0.717) is 11.0 Å². The first kappa shape index (κ1) is 9.96. The fraction of sp³-hybridized carbons (Fsp3) is 0.154. The van der Waals surface area contributed by atoms with E-state index in [1.54, 1.807) is 13.3 Å². The van der Waals surface area contributed by atoms with Gasteiger partial charge in [-0.3, -0.25) is 5.10 Å². The summed E-state index contributed by atoms with van der Waals surface area (Å²) in [4.78, 5) is 0. The molecule has 1 N–H and O–H groups in total. The van der Waals surface area contributed by atoms with Crippen molar-refractivity contribution in [2.45, 2.75) is 6.92 Å². The van der Waals surface area contributed by atoms with Gasteiger partial charge in [-0.2, -0.15) is 5.10 Å². The third-order valence-electron chi connectivity index (χ3n) is 2.85. The quantitative estimate of drug-likeness (QED) is 0.695. The van der Waals surface area contributed by atoms with E-state index in [9.17, 15) is 0 Å². The van der Waals surface area contributed by atoms with Crippen LogP contribution in [0.1, 0.15) is 5.56 Å². The summed E-state index contributed by atoms with van der Waals surface area (Å²) in [5.74, 6) is 0.743. The first-order valence-electron chi connectivity index (χ1n) is 5.30. The van der Waals surface area contributed by atoms with E-state index in [-0.39, 0.29) is 0 Å². The van der Waals surface area contributed by atoms with E-state index in [0.717, 1.165) is 28.0 Å². The molecule has 2 aliphatic heterocycles. The lowest BCUT2D eigenvalue weighted by atomic mass is 10.0. The van der Waals surface area contributed by atoms with Gasteiger partial charge in [-0.15, -0.1) is 0 Å². The summed E-state index contributed by atoms with van der Waals surface area (Å²) in [5, 5.41) is 8.07. The number of nitrogens with zero attached hydrogens (tertiary/aromatic N) is 1. The minimum atomic E-state index is 0.576. The van der Waals surface area contributed by atoms with Gasteiger partial charge in [0.15, 0.2) is 11.3 Å². The van der Waals surface area contributed by atoms with Crippen molar-refractivity contribution in [3.8, 4) is 17.0 Å². The SMILES string of the molecule is C=c1cc2[nH]ncc3cc(C)c(OC)c(o1)c3-2. The molecule has 0 amide bonds. The minimum Gasteiger partial charge on any atom is -0.493 e. The van der Waals surface area contributed by atoms with Crippen molar-refractivity contribution in [1.82, 2.24) is 10.2 Å². The van der Waals surface area contributed by atoms with Crippen LogP contribution in [0.3, 0.4) is 0 Å². The summed E-state index contributed by atoms with van der Waals surface area (Å²) in [6, 6.07) is 3.87. The second-order valence-corrected chi connectivity index (χ2v) is 4.02. The van der Waals surface area contributed by atoms with Crippen LogP contribution in [0.4, 0.5) is 0 Å². The van der Waals surface area contributed by atoms with Gasteiger partial charge in [-0.1, -0.05) is 6.58 Å². The molecule has 0 bridgehead atoms. The zero-order valence-corrected chi connectivity index (χ0v) is 9.70. The molecular formula is C13H12N2O2.